The van der Waals surface area contributed by atoms with Crippen molar-refractivity contribution in [1.82, 2.24) is 0 Å². The highest BCUT2D eigenvalue weighted by Gasteiger charge is 2.43. The van der Waals surface area contributed by atoms with Crippen LogP contribution < -0.4 is 0 Å². The van der Waals surface area contributed by atoms with Crippen molar-refractivity contribution < 1.29 is 19.0 Å². The molecule has 0 aromatic heterocycles. The van der Waals surface area contributed by atoms with Crippen LogP contribution in [-0.2, 0) is 9.47 Å². The fourth-order valence-electron chi connectivity index (χ4n) is 3.22. The maximum Gasteiger partial charge on any atom is 0.124 e. The molecule has 2 fully saturated rings. The van der Waals surface area contributed by atoms with Crippen LogP contribution in [0.15, 0.2) is 22.7 Å². The Morgan fingerprint density at radius 1 is 1.35 bits per heavy atom. The van der Waals surface area contributed by atoms with Gasteiger partial charge in [-0.05, 0) is 42.5 Å². The molecule has 2 aliphatic rings. The highest BCUT2D eigenvalue weighted by atomic mass is 79.9. The normalized spacial score (nSPS) is 31.6. The summed E-state index contributed by atoms with van der Waals surface area (Å²) in [5.74, 6) is -0.251. The van der Waals surface area contributed by atoms with E-state index in [0.717, 1.165) is 19.3 Å². The molecule has 3 rings (SSSR count). The molecular formula is C15H18BrFO3. The van der Waals surface area contributed by atoms with Gasteiger partial charge in [0, 0.05) is 24.1 Å². The summed E-state index contributed by atoms with van der Waals surface area (Å²) in [4.78, 5) is 0. The molecule has 1 N–H and O–H groups in total. The van der Waals surface area contributed by atoms with Crippen LogP contribution in [-0.4, -0.2) is 30.5 Å². The maximum absolute atomic E-state index is 13.5. The second kappa shape index (κ2) is 5.72. The lowest BCUT2D eigenvalue weighted by molar-refractivity contribution is -0.117. The third-order valence-electron chi connectivity index (χ3n) is 4.27. The first kappa shape index (κ1) is 14.4. The topological polar surface area (TPSA) is 38.7 Å². The molecule has 1 spiro atoms. The molecule has 20 heavy (non-hydrogen) atoms. The van der Waals surface area contributed by atoms with Crippen molar-refractivity contribution in [2.45, 2.75) is 31.0 Å². The van der Waals surface area contributed by atoms with Gasteiger partial charge in [0.2, 0.25) is 0 Å². The molecule has 0 amide bonds. The number of hydrogen-bond acceptors (Lipinski definition) is 3. The van der Waals surface area contributed by atoms with E-state index in [0.29, 0.717) is 29.9 Å². The van der Waals surface area contributed by atoms with Crippen LogP contribution in [0.1, 0.15) is 30.9 Å². The molecule has 2 heterocycles. The van der Waals surface area contributed by atoms with Gasteiger partial charge in [-0.25, -0.2) is 4.39 Å². The van der Waals surface area contributed by atoms with Gasteiger partial charge < -0.3 is 14.6 Å². The van der Waals surface area contributed by atoms with E-state index in [4.69, 9.17) is 9.47 Å². The predicted molar refractivity (Wildman–Crippen MR) is 75.9 cm³/mol. The summed E-state index contributed by atoms with van der Waals surface area (Å²) >= 11 is 3.27. The van der Waals surface area contributed by atoms with E-state index in [1.807, 2.05) is 0 Å². The second-order valence-electron chi connectivity index (χ2n) is 5.73. The van der Waals surface area contributed by atoms with Crippen LogP contribution >= 0.6 is 15.9 Å². The lowest BCUT2D eigenvalue weighted by atomic mass is 9.80. The zero-order valence-electron chi connectivity index (χ0n) is 11.1. The van der Waals surface area contributed by atoms with E-state index in [1.165, 1.54) is 12.1 Å². The number of halogens is 2. The Balaban J connectivity index is 1.77. The Morgan fingerprint density at radius 2 is 2.20 bits per heavy atom. The van der Waals surface area contributed by atoms with Crippen molar-refractivity contribution in [3.8, 4) is 0 Å². The van der Waals surface area contributed by atoms with Gasteiger partial charge in [0.05, 0.1) is 18.3 Å². The average molecular weight is 345 g/mol. The predicted octanol–water partition coefficient (Wildman–Crippen LogP) is 3.21. The third-order valence-corrected chi connectivity index (χ3v) is 4.73. The monoisotopic (exact) mass is 344 g/mol. The molecule has 0 aliphatic carbocycles. The van der Waals surface area contributed by atoms with E-state index in [-0.39, 0.29) is 17.3 Å². The van der Waals surface area contributed by atoms with E-state index in [1.54, 1.807) is 6.07 Å². The van der Waals surface area contributed by atoms with Crippen molar-refractivity contribution in [2.24, 2.45) is 5.92 Å². The molecule has 110 valence electrons. The summed E-state index contributed by atoms with van der Waals surface area (Å²) in [7, 11) is 0. The third kappa shape index (κ3) is 2.91. The molecule has 2 aliphatic heterocycles. The van der Waals surface area contributed by atoms with Crippen molar-refractivity contribution in [3.63, 3.8) is 0 Å². The molecular weight excluding hydrogens is 327 g/mol. The lowest BCUT2D eigenvalue weighted by Crippen LogP contribution is -2.41. The Kier molecular flexibility index (Phi) is 4.13. The van der Waals surface area contributed by atoms with Crippen molar-refractivity contribution in [2.75, 3.05) is 19.8 Å². The highest BCUT2D eigenvalue weighted by molar-refractivity contribution is 9.10. The summed E-state index contributed by atoms with van der Waals surface area (Å²) < 4.78 is 25.4. The minimum Gasteiger partial charge on any atom is -0.388 e. The molecule has 0 radical (unpaired) electrons. The van der Waals surface area contributed by atoms with E-state index < -0.39 is 6.10 Å². The molecule has 5 heteroatoms. The van der Waals surface area contributed by atoms with Gasteiger partial charge in [0.1, 0.15) is 5.82 Å². The second-order valence-corrected chi connectivity index (χ2v) is 6.65. The van der Waals surface area contributed by atoms with Crippen LogP contribution in [0, 0.1) is 11.7 Å². The molecule has 3 unspecified atom stereocenters. The lowest BCUT2D eigenvalue weighted by Gasteiger charge is -2.39. The van der Waals surface area contributed by atoms with Gasteiger partial charge >= 0.3 is 0 Å². The Labute approximate surface area is 126 Å². The van der Waals surface area contributed by atoms with Crippen LogP contribution in [0.4, 0.5) is 4.39 Å². The molecule has 3 nitrogen and oxygen atoms in total. The zero-order valence-corrected chi connectivity index (χ0v) is 12.7. The number of aliphatic hydroxyl groups is 1. The minimum atomic E-state index is -0.664. The number of hydrogen-bond donors (Lipinski definition) is 1. The van der Waals surface area contributed by atoms with Gasteiger partial charge in [0.25, 0.3) is 0 Å². The van der Waals surface area contributed by atoms with Crippen LogP contribution in [0.3, 0.4) is 0 Å². The van der Waals surface area contributed by atoms with Crippen LogP contribution in [0.2, 0.25) is 0 Å². The summed E-state index contributed by atoms with van der Waals surface area (Å²) in [6, 6.07) is 4.58. The van der Waals surface area contributed by atoms with Gasteiger partial charge in [-0.15, -0.1) is 0 Å². The fourth-order valence-corrected chi connectivity index (χ4v) is 3.70. The fraction of sp³-hybridized carbons (Fsp3) is 0.600. The Morgan fingerprint density at radius 3 is 2.90 bits per heavy atom. The van der Waals surface area contributed by atoms with E-state index in [9.17, 15) is 9.50 Å². The molecule has 0 saturated carbocycles. The molecule has 0 bridgehead atoms. The summed E-state index contributed by atoms with van der Waals surface area (Å²) in [5.41, 5.74) is 0.381. The number of benzene rings is 1. The summed E-state index contributed by atoms with van der Waals surface area (Å²) in [6.45, 7) is 1.94. The first-order chi connectivity index (χ1) is 9.58. The smallest absolute Gasteiger partial charge is 0.124 e. The maximum atomic E-state index is 13.5. The number of ether oxygens (including phenoxy) is 2. The molecule has 1 aromatic rings. The van der Waals surface area contributed by atoms with E-state index >= 15 is 0 Å². The van der Waals surface area contributed by atoms with E-state index in [2.05, 4.69) is 15.9 Å². The number of rotatable bonds is 2. The quantitative estimate of drug-likeness (QED) is 0.895. The zero-order chi connectivity index (χ0) is 14.2. The summed E-state index contributed by atoms with van der Waals surface area (Å²) in [5, 5.41) is 10.6. The highest BCUT2D eigenvalue weighted by Crippen LogP contribution is 2.41. The van der Waals surface area contributed by atoms with Gasteiger partial charge in [-0.3, -0.25) is 0 Å². The standard InChI is InChI=1S/C15H18BrFO3/c16-12-5-11(6-13(17)7-12)14(18)10-1-3-20-15(8-10)2-4-19-9-15/h5-7,10,14,18H,1-4,8-9H2. The van der Waals surface area contributed by atoms with Gasteiger partial charge in [-0.2, -0.15) is 0 Å². The van der Waals surface area contributed by atoms with Crippen LogP contribution in [0.5, 0.6) is 0 Å². The molecule has 3 atom stereocenters. The largest absolute Gasteiger partial charge is 0.388 e. The first-order valence-electron chi connectivity index (χ1n) is 6.94. The van der Waals surface area contributed by atoms with Crippen LogP contribution in [0.25, 0.3) is 0 Å². The first-order valence-corrected chi connectivity index (χ1v) is 7.73. The van der Waals surface area contributed by atoms with Crippen molar-refractivity contribution in [1.29, 1.82) is 0 Å². The Hall–Kier alpha value is -0.490. The Bertz CT molecular complexity index is 468. The number of aliphatic hydroxyl groups excluding tert-OH is 1. The molecule has 2 saturated heterocycles. The SMILES string of the molecule is OC(c1cc(F)cc(Br)c1)C1CCOC2(CCOC2)C1. The van der Waals surface area contributed by atoms with Gasteiger partial charge in [0.15, 0.2) is 0 Å². The van der Waals surface area contributed by atoms with Gasteiger partial charge in [-0.1, -0.05) is 15.9 Å². The minimum absolute atomic E-state index is 0.0825. The van der Waals surface area contributed by atoms with Crippen molar-refractivity contribution in [3.05, 3.63) is 34.1 Å². The average Bonchev–Trinajstić information content (AvgIpc) is 2.85. The molecule has 1 aromatic carbocycles. The summed E-state index contributed by atoms with van der Waals surface area (Å²) in [6.07, 6.45) is 1.77. The van der Waals surface area contributed by atoms with Crippen molar-refractivity contribution >= 4 is 15.9 Å².